The van der Waals surface area contributed by atoms with Crippen LogP contribution in [0.4, 0.5) is 5.82 Å². The number of carbonyl (C=O) groups is 2. The first-order chi connectivity index (χ1) is 16.9. The van der Waals surface area contributed by atoms with E-state index >= 15 is 0 Å². The van der Waals surface area contributed by atoms with Crippen molar-refractivity contribution >= 4 is 29.5 Å². The second-order valence-corrected chi connectivity index (χ2v) is 9.10. The molecule has 2 aliphatic heterocycles. The van der Waals surface area contributed by atoms with Gasteiger partial charge in [0.05, 0.1) is 12.3 Å². The highest BCUT2D eigenvalue weighted by atomic mass is 16.3. The molecule has 0 radical (unpaired) electrons. The Bertz CT molecular complexity index is 1090. The summed E-state index contributed by atoms with van der Waals surface area (Å²) in [5, 5.41) is 31.2. The summed E-state index contributed by atoms with van der Waals surface area (Å²) in [6.07, 6.45) is 8.78. The smallest absolute Gasteiger partial charge is 0.290 e. The van der Waals surface area contributed by atoms with Crippen LogP contribution in [0, 0.1) is 5.41 Å². The summed E-state index contributed by atoms with van der Waals surface area (Å²) in [4.78, 5) is 26.3. The normalized spacial score (nSPS) is 19.3. The van der Waals surface area contributed by atoms with Gasteiger partial charge in [-0.15, -0.1) is 0 Å². The molecule has 2 aromatic heterocycles. The number of hydrogen-bond donors (Lipinski definition) is 3. The monoisotopic (exact) mass is 483 g/mol. The number of aliphatic hydroxyl groups excluding tert-OH is 1. The van der Waals surface area contributed by atoms with Crippen LogP contribution in [0.3, 0.4) is 0 Å². The minimum Gasteiger partial charge on any atom is -0.483 e. The van der Waals surface area contributed by atoms with Gasteiger partial charge in [-0.3, -0.25) is 19.2 Å². The third kappa shape index (κ3) is 6.77. The number of piperidine rings is 2. The fourth-order valence-electron chi connectivity index (χ4n) is 5.31. The molecule has 1 aromatic carbocycles. The number of likely N-dealkylation sites (tertiary alicyclic amines) is 1. The number of aliphatic hydroxyl groups is 1. The number of anilines is 1. The Morgan fingerprint density at radius 1 is 1.11 bits per heavy atom. The molecule has 5 rings (SSSR count). The Labute approximate surface area is 204 Å². The second kappa shape index (κ2) is 12.3. The van der Waals surface area contributed by atoms with E-state index in [1.807, 2.05) is 24.1 Å². The van der Waals surface area contributed by atoms with E-state index in [-0.39, 0.29) is 24.5 Å². The van der Waals surface area contributed by atoms with Crippen molar-refractivity contribution < 1.29 is 24.9 Å². The second-order valence-electron chi connectivity index (χ2n) is 9.10. The average Bonchev–Trinajstić information content (AvgIpc) is 3.24. The quantitative estimate of drug-likeness (QED) is 0.480. The van der Waals surface area contributed by atoms with Gasteiger partial charge in [0.2, 0.25) is 0 Å². The van der Waals surface area contributed by atoms with E-state index in [1.54, 1.807) is 0 Å². The summed E-state index contributed by atoms with van der Waals surface area (Å²) in [5.41, 5.74) is 1.41. The van der Waals surface area contributed by atoms with Gasteiger partial charge >= 0.3 is 0 Å². The van der Waals surface area contributed by atoms with Gasteiger partial charge in [-0.2, -0.15) is 5.10 Å². The third-order valence-electron chi connectivity index (χ3n) is 6.64. The van der Waals surface area contributed by atoms with Crippen LogP contribution in [0.2, 0.25) is 0 Å². The van der Waals surface area contributed by atoms with E-state index in [1.165, 1.54) is 16.3 Å². The van der Waals surface area contributed by atoms with E-state index in [2.05, 4.69) is 51.4 Å². The van der Waals surface area contributed by atoms with Crippen LogP contribution in [0.25, 0.3) is 10.8 Å². The SMILES string of the molecule is Cn1cc(CN2CC(O)CC3(CCN(c4nccc5ccccc45)CC3)C2)cn1.O=CO.O=CO. The summed E-state index contributed by atoms with van der Waals surface area (Å²) >= 11 is 0. The Balaban J connectivity index is 0.000000520. The minimum atomic E-state index is -0.250. The molecule has 3 aromatic rings. The fraction of sp³-hybridized carbons (Fsp3) is 0.440. The van der Waals surface area contributed by atoms with E-state index in [9.17, 15) is 5.11 Å². The fourth-order valence-corrected chi connectivity index (χ4v) is 5.31. The molecule has 0 saturated carbocycles. The Morgan fingerprint density at radius 2 is 1.80 bits per heavy atom. The maximum atomic E-state index is 10.6. The van der Waals surface area contributed by atoms with Crippen molar-refractivity contribution in [3.05, 3.63) is 54.5 Å². The number of fused-ring (bicyclic) bond motifs is 1. The number of hydrogen-bond acceptors (Lipinski definition) is 7. The molecule has 2 saturated heterocycles. The molecule has 4 heterocycles. The molecule has 2 aliphatic rings. The van der Waals surface area contributed by atoms with Crippen LogP contribution >= 0.6 is 0 Å². The average molecular weight is 484 g/mol. The molecule has 1 unspecified atom stereocenters. The number of carboxylic acid groups (broad SMARTS) is 2. The largest absolute Gasteiger partial charge is 0.483 e. The molecule has 10 nitrogen and oxygen atoms in total. The predicted molar refractivity (Wildman–Crippen MR) is 132 cm³/mol. The first-order valence-corrected chi connectivity index (χ1v) is 11.6. The van der Waals surface area contributed by atoms with Gasteiger partial charge in [-0.25, -0.2) is 4.98 Å². The molecule has 0 amide bonds. The first kappa shape index (κ1) is 26.1. The zero-order chi connectivity index (χ0) is 25.3. The van der Waals surface area contributed by atoms with Crippen LogP contribution in [0.15, 0.2) is 48.9 Å². The van der Waals surface area contributed by atoms with Crippen LogP contribution in [-0.2, 0) is 23.2 Å². The number of rotatable bonds is 3. The molecule has 188 valence electrons. The molecule has 2 fully saturated rings. The van der Waals surface area contributed by atoms with Crippen LogP contribution in [0.5, 0.6) is 0 Å². The lowest BCUT2D eigenvalue weighted by molar-refractivity contribution is -0.123. The molecule has 3 N–H and O–H groups in total. The van der Waals surface area contributed by atoms with Gasteiger partial charge in [0.15, 0.2) is 0 Å². The number of pyridine rings is 1. The number of benzene rings is 1. The number of nitrogens with zero attached hydrogens (tertiary/aromatic N) is 5. The zero-order valence-electron chi connectivity index (χ0n) is 19.9. The summed E-state index contributed by atoms with van der Waals surface area (Å²) in [5.74, 6) is 1.10. The summed E-state index contributed by atoms with van der Waals surface area (Å²) in [6, 6.07) is 10.6. The maximum Gasteiger partial charge on any atom is 0.290 e. The Hall–Kier alpha value is -3.50. The lowest BCUT2D eigenvalue weighted by Crippen LogP contribution is -2.53. The van der Waals surface area contributed by atoms with Crippen molar-refractivity contribution in [2.24, 2.45) is 12.5 Å². The maximum absolute atomic E-state index is 10.6. The first-order valence-electron chi connectivity index (χ1n) is 11.6. The molecule has 1 spiro atoms. The zero-order valence-corrected chi connectivity index (χ0v) is 19.9. The highest BCUT2D eigenvalue weighted by molar-refractivity contribution is 5.92. The minimum absolute atomic E-state index is 0.195. The molecular formula is C25H33N5O5. The number of aromatic nitrogens is 3. The molecule has 0 bridgehead atoms. The van der Waals surface area contributed by atoms with E-state index in [4.69, 9.17) is 24.8 Å². The number of aryl methyl sites for hydroxylation is 1. The lowest BCUT2D eigenvalue weighted by atomic mass is 9.71. The van der Waals surface area contributed by atoms with Crippen LogP contribution < -0.4 is 4.90 Å². The van der Waals surface area contributed by atoms with Gasteiger partial charge < -0.3 is 20.2 Å². The molecule has 1 atom stereocenters. The van der Waals surface area contributed by atoms with E-state index in [0.29, 0.717) is 0 Å². The highest BCUT2D eigenvalue weighted by Gasteiger charge is 2.41. The Kier molecular flexibility index (Phi) is 9.16. The van der Waals surface area contributed by atoms with E-state index < -0.39 is 0 Å². The van der Waals surface area contributed by atoms with Crippen molar-refractivity contribution in [3.63, 3.8) is 0 Å². The van der Waals surface area contributed by atoms with Gasteiger partial charge in [0, 0.05) is 63.1 Å². The molecular weight excluding hydrogens is 450 g/mol. The van der Waals surface area contributed by atoms with Crippen molar-refractivity contribution in [3.8, 4) is 0 Å². The van der Waals surface area contributed by atoms with Gasteiger partial charge in [-0.05, 0) is 36.1 Å². The van der Waals surface area contributed by atoms with Gasteiger partial charge in [-0.1, -0.05) is 24.3 Å². The summed E-state index contributed by atoms with van der Waals surface area (Å²) in [7, 11) is 1.95. The van der Waals surface area contributed by atoms with Crippen molar-refractivity contribution in [2.75, 3.05) is 31.1 Å². The molecule has 10 heteroatoms. The van der Waals surface area contributed by atoms with Crippen molar-refractivity contribution in [1.82, 2.24) is 19.7 Å². The van der Waals surface area contributed by atoms with Gasteiger partial charge in [0.1, 0.15) is 5.82 Å². The summed E-state index contributed by atoms with van der Waals surface area (Å²) < 4.78 is 1.85. The molecule has 0 aliphatic carbocycles. The predicted octanol–water partition coefficient (Wildman–Crippen LogP) is 2.22. The molecule has 35 heavy (non-hydrogen) atoms. The number of β-amino-alcohol motifs (C(OH)–C–C–N with tert-alkyl or cyclic N) is 1. The lowest BCUT2D eigenvalue weighted by Gasteiger charge is -2.49. The van der Waals surface area contributed by atoms with Crippen molar-refractivity contribution in [2.45, 2.75) is 31.9 Å². The van der Waals surface area contributed by atoms with E-state index in [0.717, 1.165) is 57.8 Å². The standard InChI is InChI=1S/C23H29N5O.2CH2O2/c1-26-14-18(13-25-26)15-27-16-20(29)12-23(17-27)7-10-28(11-8-23)22-21-5-3-2-4-19(21)6-9-24-22;2*2-1-3/h2-6,9,13-14,20,29H,7-8,10-12,15-17H2,1H3;2*1H,(H,2,3). The third-order valence-corrected chi connectivity index (χ3v) is 6.64. The van der Waals surface area contributed by atoms with Gasteiger partial charge in [0.25, 0.3) is 12.9 Å². The summed E-state index contributed by atoms with van der Waals surface area (Å²) in [6.45, 7) is 4.16. The van der Waals surface area contributed by atoms with Crippen LogP contribution in [0.1, 0.15) is 24.8 Å². The van der Waals surface area contributed by atoms with Crippen LogP contribution in [-0.4, -0.2) is 80.2 Å². The van der Waals surface area contributed by atoms with Crippen molar-refractivity contribution in [1.29, 1.82) is 0 Å². The highest BCUT2D eigenvalue weighted by Crippen LogP contribution is 2.41. The topological polar surface area (TPSA) is 132 Å². The Morgan fingerprint density at radius 3 is 2.46 bits per heavy atom.